The van der Waals surface area contributed by atoms with Crippen LogP contribution >= 0.6 is 0 Å². The summed E-state index contributed by atoms with van der Waals surface area (Å²) in [6.07, 6.45) is 0.966. The van der Waals surface area contributed by atoms with E-state index in [1.165, 1.54) is 11.1 Å². The highest BCUT2D eigenvalue weighted by molar-refractivity contribution is 5.99. The van der Waals surface area contributed by atoms with E-state index >= 15 is 0 Å². The molecule has 1 aliphatic rings. The van der Waals surface area contributed by atoms with Crippen LogP contribution in [0.1, 0.15) is 57.9 Å². The van der Waals surface area contributed by atoms with Gasteiger partial charge >= 0.3 is 0 Å². The third kappa shape index (κ3) is 3.61. The fourth-order valence-electron chi connectivity index (χ4n) is 4.14. The number of amides is 1. The molecule has 0 aromatic heterocycles. The highest BCUT2D eigenvalue weighted by atomic mass is 16.2. The van der Waals surface area contributed by atoms with Gasteiger partial charge in [0.15, 0.2) is 0 Å². The van der Waals surface area contributed by atoms with Crippen LogP contribution in [0.15, 0.2) is 36.4 Å². The molecule has 1 amide bonds. The summed E-state index contributed by atoms with van der Waals surface area (Å²) in [6.45, 7) is 7.66. The third-order valence-electron chi connectivity index (χ3n) is 5.62. The van der Waals surface area contributed by atoms with Gasteiger partial charge in [0.25, 0.3) is 5.91 Å². The van der Waals surface area contributed by atoms with Gasteiger partial charge in [-0.3, -0.25) is 4.79 Å². The Morgan fingerprint density at radius 2 is 2.00 bits per heavy atom. The summed E-state index contributed by atoms with van der Waals surface area (Å²) < 4.78 is 0. The van der Waals surface area contributed by atoms with Crippen molar-refractivity contribution in [1.29, 1.82) is 5.26 Å². The van der Waals surface area contributed by atoms with Gasteiger partial charge in [-0.05, 0) is 61.7 Å². The monoisotopic (exact) mass is 361 g/mol. The first-order chi connectivity index (χ1) is 13.0. The molecule has 4 nitrogen and oxygen atoms in total. The SMILES string of the molecule is CCc1cc(C)c2c(c1)C(CNC)C(C)N(Cc1cccc(C#N)c1)C2=O. The van der Waals surface area contributed by atoms with Gasteiger partial charge < -0.3 is 10.2 Å². The van der Waals surface area contributed by atoms with Crippen LogP contribution in [-0.2, 0) is 13.0 Å². The number of fused-ring (bicyclic) bond motifs is 1. The largest absolute Gasteiger partial charge is 0.331 e. The van der Waals surface area contributed by atoms with Gasteiger partial charge in [-0.2, -0.15) is 5.26 Å². The summed E-state index contributed by atoms with van der Waals surface area (Å²) in [5, 5.41) is 12.5. The molecule has 2 aromatic rings. The van der Waals surface area contributed by atoms with Crippen molar-refractivity contribution in [2.75, 3.05) is 13.6 Å². The van der Waals surface area contributed by atoms with E-state index in [2.05, 4.69) is 37.4 Å². The molecule has 1 heterocycles. The molecule has 2 unspecified atom stereocenters. The minimum absolute atomic E-state index is 0.0784. The lowest BCUT2D eigenvalue weighted by Crippen LogP contribution is -2.48. The second-order valence-corrected chi connectivity index (χ2v) is 7.38. The van der Waals surface area contributed by atoms with Gasteiger partial charge in [0, 0.05) is 30.6 Å². The van der Waals surface area contributed by atoms with Crippen LogP contribution in [0.4, 0.5) is 0 Å². The van der Waals surface area contributed by atoms with Crippen LogP contribution in [-0.4, -0.2) is 30.4 Å². The van der Waals surface area contributed by atoms with E-state index in [-0.39, 0.29) is 17.9 Å². The van der Waals surface area contributed by atoms with Crippen LogP contribution in [0.5, 0.6) is 0 Å². The van der Waals surface area contributed by atoms with E-state index < -0.39 is 0 Å². The smallest absolute Gasteiger partial charge is 0.254 e. The number of benzene rings is 2. The minimum atomic E-state index is 0.0784. The Kier molecular flexibility index (Phi) is 5.62. The van der Waals surface area contributed by atoms with Crippen LogP contribution in [0.25, 0.3) is 0 Å². The molecule has 2 atom stereocenters. The summed E-state index contributed by atoms with van der Waals surface area (Å²) in [4.78, 5) is 15.4. The molecular formula is C23H27N3O. The Morgan fingerprint density at radius 3 is 2.67 bits per heavy atom. The Labute approximate surface area is 161 Å². The average Bonchev–Trinajstić information content (AvgIpc) is 2.68. The maximum Gasteiger partial charge on any atom is 0.254 e. The molecule has 3 rings (SSSR count). The molecule has 27 heavy (non-hydrogen) atoms. The molecule has 140 valence electrons. The Bertz CT molecular complexity index is 897. The van der Waals surface area contributed by atoms with Crippen molar-refractivity contribution in [2.24, 2.45) is 0 Å². The molecule has 4 heteroatoms. The van der Waals surface area contributed by atoms with E-state index in [0.29, 0.717) is 12.1 Å². The topological polar surface area (TPSA) is 56.1 Å². The van der Waals surface area contributed by atoms with Crippen molar-refractivity contribution in [3.8, 4) is 6.07 Å². The zero-order valence-corrected chi connectivity index (χ0v) is 16.5. The molecule has 0 saturated heterocycles. The second-order valence-electron chi connectivity index (χ2n) is 7.38. The van der Waals surface area contributed by atoms with E-state index in [4.69, 9.17) is 5.26 Å². The number of nitriles is 1. The molecule has 0 fully saturated rings. The highest BCUT2D eigenvalue weighted by Gasteiger charge is 2.37. The lowest BCUT2D eigenvalue weighted by Gasteiger charge is -2.41. The fraction of sp³-hybridized carbons (Fsp3) is 0.391. The van der Waals surface area contributed by atoms with Crippen molar-refractivity contribution >= 4 is 5.91 Å². The van der Waals surface area contributed by atoms with Crippen molar-refractivity contribution in [1.82, 2.24) is 10.2 Å². The summed E-state index contributed by atoms with van der Waals surface area (Å²) in [6, 6.07) is 14.1. The number of rotatable bonds is 5. The summed E-state index contributed by atoms with van der Waals surface area (Å²) >= 11 is 0. The first-order valence-corrected chi connectivity index (χ1v) is 9.58. The lowest BCUT2D eigenvalue weighted by molar-refractivity contribution is 0.0611. The third-order valence-corrected chi connectivity index (χ3v) is 5.62. The number of likely N-dealkylation sites (N-methyl/N-ethyl adjacent to an activating group) is 1. The van der Waals surface area contributed by atoms with Crippen LogP contribution in [0, 0.1) is 18.3 Å². The quantitative estimate of drug-likeness (QED) is 0.882. The van der Waals surface area contributed by atoms with Gasteiger partial charge in [0.1, 0.15) is 0 Å². The standard InChI is InChI=1S/C23H27N3O/c1-5-17-9-15(2)22-20(11-17)21(13-25-4)16(3)26(23(22)27)14-19-8-6-7-18(10-19)12-24/h6-11,16,21,25H,5,13-14H2,1-4H3. The molecule has 0 radical (unpaired) electrons. The summed E-state index contributed by atoms with van der Waals surface area (Å²) in [5.41, 5.74) is 5.97. The van der Waals surface area contributed by atoms with E-state index in [1.807, 2.05) is 37.1 Å². The molecular weight excluding hydrogens is 334 g/mol. The summed E-state index contributed by atoms with van der Waals surface area (Å²) in [5.74, 6) is 0.333. The zero-order valence-electron chi connectivity index (χ0n) is 16.5. The highest BCUT2D eigenvalue weighted by Crippen LogP contribution is 2.36. The summed E-state index contributed by atoms with van der Waals surface area (Å²) in [7, 11) is 1.96. The van der Waals surface area contributed by atoms with E-state index in [1.54, 1.807) is 6.07 Å². The van der Waals surface area contributed by atoms with Gasteiger partial charge in [-0.25, -0.2) is 0 Å². The number of carbonyl (C=O) groups is 1. The number of hydrogen-bond donors (Lipinski definition) is 1. The average molecular weight is 361 g/mol. The van der Waals surface area contributed by atoms with Crippen LogP contribution < -0.4 is 5.32 Å². The fourth-order valence-corrected chi connectivity index (χ4v) is 4.14. The Morgan fingerprint density at radius 1 is 1.22 bits per heavy atom. The molecule has 0 bridgehead atoms. The normalized spacial score (nSPS) is 18.9. The maximum absolute atomic E-state index is 13.4. The Hall–Kier alpha value is -2.64. The predicted molar refractivity (Wildman–Crippen MR) is 108 cm³/mol. The van der Waals surface area contributed by atoms with Crippen molar-refractivity contribution in [3.63, 3.8) is 0 Å². The van der Waals surface area contributed by atoms with E-state index in [0.717, 1.165) is 29.7 Å². The molecule has 0 saturated carbocycles. The molecule has 1 aliphatic heterocycles. The molecule has 2 aromatic carbocycles. The number of hydrogen-bond acceptors (Lipinski definition) is 3. The van der Waals surface area contributed by atoms with Gasteiger partial charge in [-0.1, -0.05) is 31.2 Å². The number of aryl methyl sites for hydroxylation is 2. The number of nitrogens with one attached hydrogen (secondary N) is 1. The maximum atomic E-state index is 13.4. The van der Waals surface area contributed by atoms with Crippen molar-refractivity contribution < 1.29 is 4.79 Å². The minimum Gasteiger partial charge on any atom is -0.331 e. The van der Waals surface area contributed by atoms with Gasteiger partial charge in [0.05, 0.1) is 11.6 Å². The van der Waals surface area contributed by atoms with Gasteiger partial charge in [0.2, 0.25) is 0 Å². The predicted octanol–water partition coefficient (Wildman–Crippen LogP) is 3.78. The molecule has 0 aliphatic carbocycles. The van der Waals surface area contributed by atoms with Crippen LogP contribution in [0.3, 0.4) is 0 Å². The number of carbonyl (C=O) groups excluding carboxylic acids is 1. The zero-order chi connectivity index (χ0) is 19.6. The second kappa shape index (κ2) is 7.94. The number of nitrogens with zero attached hydrogens (tertiary/aromatic N) is 2. The van der Waals surface area contributed by atoms with Crippen molar-refractivity contribution in [3.05, 3.63) is 69.8 Å². The molecule has 1 N–H and O–H groups in total. The van der Waals surface area contributed by atoms with E-state index in [9.17, 15) is 4.79 Å². The van der Waals surface area contributed by atoms with Gasteiger partial charge in [-0.15, -0.1) is 0 Å². The van der Waals surface area contributed by atoms with Crippen LogP contribution in [0.2, 0.25) is 0 Å². The molecule has 0 spiro atoms. The Balaban J connectivity index is 2.04. The first kappa shape index (κ1) is 19.1. The van der Waals surface area contributed by atoms with Crippen molar-refractivity contribution in [2.45, 2.75) is 45.7 Å². The lowest BCUT2D eigenvalue weighted by atomic mass is 9.80. The first-order valence-electron chi connectivity index (χ1n) is 9.58.